The van der Waals surface area contributed by atoms with Gasteiger partial charge in [0.2, 0.25) is 5.91 Å². The van der Waals surface area contributed by atoms with Crippen molar-refractivity contribution in [2.24, 2.45) is 0 Å². The molecule has 0 radical (unpaired) electrons. The Morgan fingerprint density at radius 2 is 1.87 bits per heavy atom. The summed E-state index contributed by atoms with van der Waals surface area (Å²) in [5.41, 5.74) is 0.156. The number of anilines is 1. The summed E-state index contributed by atoms with van der Waals surface area (Å²) >= 11 is 0. The largest absolute Gasteiger partial charge is 0.360 e. The molecule has 1 aromatic heterocycles. The molecule has 1 amide bonds. The number of carbonyl (C=O) groups is 1. The number of amides is 1. The van der Waals surface area contributed by atoms with Crippen molar-refractivity contribution < 1.29 is 18.3 Å². The topological polar surface area (TPSA) is 82.4 Å². The van der Waals surface area contributed by atoms with Gasteiger partial charge in [0.05, 0.1) is 5.60 Å². The highest BCUT2D eigenvalue weighted by molar-refractivity contribution is 5.78. The number of piperazine rings is 1. The molecular weight excluding hydrogens is 404 g/mol. The molecule has 7 nitrogen and oxygen atoms in total. The van der Waals surface area contributed by atoms with Crippen molar-refractivity contribution in [3.8, 4) is 6.07 Å². The standard InChI is InChI=1S/C22H21F2N5O2/c23-18-5-1-14(9-19(18)24)22(7-8-22)31-13-21(30)28-11-16-3-4-17(12-28)29(16)20-6-2-15(10-25)26-27-20/h1-2,5-6,9,16-17H,3-4,7-8,11-13H2/t16-,17?/m0/s1. The van der Waals surface area contributed by atoms with Crippen molar-refractivity contribution in [3.63, 3.8) is 0 Å². The molecule has 31 heavy (non-hydrogen) atoms. The van der Waals surface area contributed by atoms with E-state index in [4.69, 9.17) is 10.00 Å². The molecule has 0 N–H and O–H groups in total. The Morgan fingerprint density at radius 1 is 1.13 bits per heavy atom. The van der Waals surface area contributed by atoms with Crippen LogP contribution < -0.4 is 4.90 Å². The first-order valence-corrected chi connectivity index (χ1v) is 10.4. The predicted octanol–water partition coefficient (Wildman–Crippen LogP) is 2.51. The highest BCUT2D eigenvalue weighted by atomic mass is 19.2. The second-order valence-electron chi connectivity index (χ2n) is 8.39. The number of nitriles is 1. The van der Waals surface area contributed by atoms with E-state index in [1.807, 2.05) is 11.0 Å². The van der Waals surface area contributed by atoms with Gasteiger partial charge >= 0.3 is 0 Å². The second kappa shape index (κ2) is 7.54. The lowest BCUT2D eigenvalue weighted by molar-refractivity contribution is -0.140. The number of halogens is 2. The lowest BCUT2D eigenvalue weighted by Crippen LogP contribution is -2.56. The third-order valence-corrected chi connectivity index (χ3v) is 6.49. The van der Waals surface area contributed by atoms with Crippen molar-refractivity contribution in [1.29, 1.82) is 5.26 Å². The van der Waals surface area contributed by atoms with Gasteiger partial charge in [-0.3, -0.25) is 4.79 Å². The predicted molar refractivity (Wildman–Crippen MR) is 106 cm³/mol. The first kappa shape index (κ1) is 19.8. The molecule has 3 aliphatic rings. The van der Waals surface area contributed by atoms with Gasteiger partial charge in [0.1, 0.15) is 12.7 Å². The second-order valence-corrected chi connectivity index (χ2v) is 8.39. The van der Waals surface area contributed by atoms with Crippen LogP contribution in [0.1, 0.15) is 36.9 Å². The van der Waals surface area contributed by atoms with Crippen molar-refractivity contribution in [2.75, 3.05) is 24.6 Å². The third-order valence-electron chi connectivity index (χ3n) is 6.49. The summed E-state index contributed by atoms with van der Waals surface area (Å²) < 4.78 is 32.8. The van der Waals surface area contributed by atoms with Crippen LogP contribution in [0.5, 0.6) is 0 Å². The van der Waals surface area contributed by atoms with E-state index in [2.05, 4.69) is 15.1 Å². The van der Waals surface area contributed by atoms with E-state index in [1.165, 1.54) is 6.07 Å². The van der Waals surface area contributed by atoms with Gasteiger partial charge < -0.3 is 14.5 Å². The van der Waals surface area contributed by atoms with Crippen LogP contribution in [0, 0.1) is 23.0 Å². The number of hydrogen-bond acceptors (Lipinski definition) is 6. The van der Waals surface area contributed by atoms with E-state index in [0.717, 1.165) is 30.8 Å². The smallest absolute Gasteiger partial charge is 0.248 e. The Kier molecular flexibility index (Phi) is 4.82. The number of ether oxygens (including phenoxy) is 1. The lowest BCUT2D eigenvalue weighted by atomic mass is 10.1. The minimum absolute atomic E-state index is 0.0882. The number of benzene rings is 1. The lowest BCUT2D eigenvalue weighted by Gasteiger charge is -2.41. The summed E-state index contributed by atoms with van der Waals surface area (Å²) in [4.78, 5) is 16.9. The zero-order valence-corrected chi connectivity index (χ0v) is 16.8. The summed E-state index contributed by atoms with van der Waals surface area (Å²) in [6.07, 6.45) is 3.27. The van der Waals surface area contributed by atoms with Crippen LogP contribution in [0.4, 0.5) is 14.6 Å². The minimum Gasteiger partial charge on any atom is -0.360 e. The molecule has 1 aromatic carbocycles. The molecule has 0 spiro atoms. The van der Waals surface area contributed by atoms with E-state index < -0.39 is 17.2 Å². The molecule has 3 heterocycles. The summed E-state index contributed by atoms with van der Waals surface area (Å²) in [6.45, 7) is 1.05. The maximum absolute atomic E-state index is 13.6. The van der Waals surface area contributed by atoms with Gasteiger partial charge in [0.25, 0.3) is 0 Å². The number of aromatic nitrogens is 2. The van der Waals surface area contributed by atoms with Crippen LogP contribution in [-0.2, 0) is 15.1 Å². The molecule has 2 atom stereocenters. The average Bonchev–Trinajstić information content (AvgIpc) is 3.53. The van der Waals surface area contributed by atoms with Gasteiger partial charge in [-0.2, -0.15) is 5.26 Å². The highest BCUT2D eigenvalue weighted by Crippen LogP contribution is 2.49. The molecule has 3 fully saturated rings. The summed E-state index contributed by atoms with van der Waals surface area (Å²) in [7, 11) is 0. The molecule has 9 heteroatoms. The van der Waals surface area contributed by atoms with Crippen LogP contribution in [-0.4, -0.2) is 52.8 Å². The van der Waals surface area contributed by atoms with Crippen molar-refractivity contribution >= 4 is 11.7 Å². The number of likely N-dealkylation sites (tertiary alicyclic amines) is 1. The van der Waals surface area contributed by atoms with Crippen molar-refractivity contribution in [3.05, 3.63) is 53.2 Å². The number of hydrogen-bond donors (Lipinski definition) is 0. The van der Waals surface area contributed by atoms with Gasteiger partial charge in [-0.25, -0.2) is 8.78 Å². The summed E-state index contributed by atoms with van der Waals surface area (Å²) in [5.74, 6) is -1.17. The Balaban J connectivity index is 1.22. The Bertz CT molecular complexity index is 1040. The Hall–Kier alpha value is -3.12. The Labute approximate surface area is 178 Å². The van der Waals surface area contributed by atoms with Crippen LogP contribution >= 0.6 is 0 Å². The first-order chi connectivity index (χ1) is 15.0. The van der Waals surface area contributed by atoms with Crippen LogP contribution in [0.3, 0.4) is 0 Å². The van der Waals surface area contributed by atoms with E-state index >= 15 is 0 Å². The first-order valence-electron chi connectivity index (χ1n) is 10.4. The molecule has 2 aromatic rings. The van der Waals surface area contributed by atoms with Gasteiger partial charge in [-0.1, -0.05) is 6.07 Å². The third kappa shape index (κ3) is 3.61. The quantitative estimate of drug-likeness (QED) is 0.732. The molecule has 5 rings (SSSR count). The van der Waals surface area contributed by atoms with Crippen molar-refractivity contribution in [2.45, 2.75) is 43.4 Å². The van der Waals surface area contributed by atoms with Gasteiger partial charge in [-0.05, 0) is 55.5 Å². The number of carbonyl (C=O) groups excluding carboxylic acids is 1. The van der Waals surface area contributed by atoms with Crippen molar-refractivity contribution in [1.82, 2.24) is 15.1 Å². The molecule has 1 aliphatic carbocycles. The molecule has 160 valence electrons. The highest BCUT2D eigenvalue weighted by Gasteiger charge is 2.47. The maximum Gasteiger partial charge on any atom is 0.248 e. The zero-order valence-electron chi connectivity index (χ0n) is 16.8. The van der Waals surface area contributed by atoms with Crippen LogP contribution in [0.2, 0.25) is 0 Å². The molecule has 2 saturated heterocycles. The van der Waals surface area contributed by atoms with Crippen LogP contribution in [0.25, 0.3) is 0 Å². The number of rotatable bonds is 5. The maximum atomic E-state index is 13.6. The SMILES string of the molecule is N#Cc1ccc(N2C3CC[C@H]2CN(C(=O)COC2(c4ccc(F)c(F)c4)CC2)C3)nn1. The number of fused-ring (bicyclic) bond motifs is 2. The molecule has 1 saturated carbocycles. The van der Waals surface area contributed by atoms with E-state index in [1.54, 1.807) is 12.1 Å². The normalized spacial score (nSPS) is 23.5. The van der Waals surface area contributed by atoms with Gasteiger partial charge in [-0.15, -0.1) is 10.2 Å². The molecule has 1 unspecified atom stereocenters. The fourth-order valence-corrected chi connectivity index (χ4v) is 4.70. The fraction of sp³-hybridized carbons (Fsp3) is 0.455. The minimum atomic E-state index is -0.905. The van der Waals surface area contributed by atoms with Crippen LogP contribution in [0.15, 0.2) is 30.3 Å². The van der Waals surface area contributed by atoms with Gasteiger partial charge in [0, 0.05) is 25.2 Å². The fourth-order valence-electron chi connectivity index (χ4n) is 4.70. The van der Waals surface area contributed by atoms with Gasteiger partial charge in [0.15, 0.2) is 23.1 Å². The summed E-state index contributed by atoms with van der Waals surface area (Å²) in [5, 5.41) is 17.0. The van der Waals surface area contributed by atoms with E-state index in [9.17, 15) is 13.6 Å². The van der Waals surface area contributed by atoms with E-state index in [-0.39, 0.29) is 30.3 Å². The van der Waals surface area contributed by atoms with E-state index in [0.29, 0.717) is 31.5 Å². The molecule has 2 bridgehead atoms. The Morgan fingerprint density at radius 3 is 2.45 bits per heavy atom. The zero-order chi connectivity index (χ0) is 21.6. The summed E-state index contributed by atoms with van der Waals surface area (Å²) in [6, 6.07) is 9.49. The number of nitrogens with zero attached hydrogens (tertiary/aromatic N) is 5. The molecule has 2 aliphatic heterocycles. The average molecular weight is 425 g/mol. The molecular formula is C22H21F2N5O2. The monoisotopic (exact) mass is 425 g/mol.